The molecule has 0 saturated carbocycles. The Morgan fingerprint density at radius 1 is 0.632 bits per heavy atom. The Balaban J connectivity index is 1.29. The van der Waals surface area contributed by atoms with Gasteiger partial charge in [0.25, 0.3) is 0 Å². The average molecular weight is 511 g/mol. The highest BCUT2D eigenvalue weighted by molar-refractivity contribution is 5.69. The molecule has 5 heteroatoms. The number of esters is 1. The molecule has 1 unspecified atom stereocenters. The molecule has 0 aliphatic heterocycles. The summed E-state index contributed by atoms with van der Waals surface area (Å²) in [6, 6.07) is 35.8. The third-order valence-electron chi connectivity index (χ3n) is 5.97. The predicted octanol–water partition coefficient (Wildman–Crippen LogP) is 6.93. The van der Waals surface area contributed by atoms with Crippen LogP contribution in [0, 0.1) is 0 Å². The minimum Gasteiger partial charge on any atom is -0.485 e. The van der Waals surface area contributed by atoms with E-state index in [1.807, 2.05) is 116 Å². The molecule has 0 heterocycles. The molecule has 196 valence electrons. The van der Waals surface area contributed by atoms with Gasteiger partial charge in [0.2, 0.25) is 0 Å². The minimum atomic E-state index is -0.270. The third-order valence-corrected chi connectivity index (χ3v) is 5.97. The van der Waals surface area contributed by atoms with E-state index >= 15 is 0 Å². The van der Waals surface area contributed by atoms with E-state index in [4.69, 9.17) is 18.9 Å². The van der Waals surface area contributed by atoms with Gasteiger partial charge in [0.05, 0.1) is 25.7 Å². The van der Waals surface area contributed by atoms with E-state index in [-0.39, 0.29) is 25.1 Å². The quantitative estimate of drug-likeness (QED) is 0.172. The smallest absolute Gasteiger partial charge is 0.308 e. The first-order chi connectivity index (χ1) is 18.7. The van der Waals surface area contributed by atoms with E-state index in [9.17, 15) is 4.79 Å². The first kappa shape index (κ1) is 27.0. The van der Waals surface area contributed by atoms with Gasteiger partial charge < -0.3 is 18.9 Å². The summed E-state index contributed by atoms with van der Waals surface area (Å²) in [4.78, 5) is 12.3. The summed E-state index contributed by atoms with van der Waals surface area (Å²) in [6.07, 6.45) is 0.567. The van der Waals surface area contributed by atoms with Crippen LogP contribution in [0.3, 0.4) is 0 Å². The molecule has 0 bridgehead atoms. The van der Waals surface area contributed by atoms with Crippen molar-refractivity contribution in [3.05, 3.63) is 131 Å². The maximum Gasteiger partial charge on any atom is 0.308 e. The number of benzene rings is 4. The van der Waals surface area contributed by atoms with Crippen LogP contribution in [0.15, 0.2) is 109 Å². The molecular formula is C33H34O5. The van der Waals surface area contributed by atoms with Crippen LogP contribution in [0.2, 0.25) is 0 Å². The van der Waals surface area contributed by atoms with Crippen molar-refractivity contribution in [2.24, 2.45) is 0 Å². The lowest BCUT2D eigenvalue weighted by atomic mass is 10.1. The molecule has 0 fully saturated rings. The zero-order valence-corrected chi connectivity index (χ0v) is 21.8. The minimum absolute atomic E-state index is 0.213. The lowest BCUT2D eigenvalue weighted by Gasteiger charge is -2.15. The Morgan fingerprint density at radius 3 is 1.74 bits per heavy atom. The van der Waals surface area contributed by atoms with E-state index in [0.717, 1.165) is 22.3 Å². The number of carbonyl (C=O) groups excluding carboxylic acids is 1. The van der Waals surface area contributed by atoms with Crippen molar-refractivity contribution in [1.82, 2.24) is 0 Å². The van der Waals surface area contributed by atoms with E-state index in [2.05, 4.69) is 0 Å². The Morgan fingerprint density at radius 2 is 1.16 bits per heavy atom. The predicted molar refractivity (Wildman–Crippen MR) is 148 cm³/mol. The lowest BCUT2D eigenvalue weighted by molar-refractivity contribution is -0.146. The Hall–Kier alpha value is -4.09. The molecule has 0 aliphatic carbocycles. The van der Waals surface area contributed by atoms with Crippen molar-refractivity contribution in [2.45, 2.75) is 45.7 Å². The number of rotatable bonds is 14. The van der Waals surface area contributed by atoms with Gasteiger partial charge in [0.1, 0.15) is 13.2 Å². The molecule has 0 N–H and O–H groups in total. The maximum absolute atomic E-state index is 12.3. The van der Waals surface area contributed by atoms with Crippen LogP contribution in [0.4, 0.5) is 0 Å². The van der Waals surface area contributed by atoms with Crippen molar-refractivity contribution in [2.75, 3.05) is 6.61 Å². The fourth-order valence-electron chi connectivity index (χ4n) is 3.86. The Kier molecular flexibility index (Phi) is 10.4. The van der Waals surface area contributed by atoms with E-state index < -0.39 is 0 Å². The monoisotopic (exact) mass is 510 g/mol. The zero-order chi connectivity index (χ0) is 26.4. The summed E-state index contributed by atoms with van der Waals surface area (Å²) in [5.74, 6) is 1.07. The molecule has 0 saturated heterocycles. The van der Waals surface area contributed by atoms with Crippen molar-refractivity contribution >= 4 is 5.97 Å². The molecule has 4 rings (SSSR count). The summed E-state index contributed by atoms with van der Waals surface area (Å²) in [6.45, 7) is 3.52. The summed E-state index contributed by atoms with van der Waals surface area (Å²) >= 11 is 0. The summed E-state index contributed by atoms with van der Waals surface area (Å²) in [5.41, 5.74) is 4.24. The molecule has 0 aliphatic rings. The first-order valence-electron chi connectivity index (χ1n) is 12.9. The van der Waals surface area contributed by atoms with Crippen LogP contribution >= 0.6 is 0 Å². The molecule has 4 aromatic carbocycles. The van der Waals surface area contributed by atoms with E-state index in [1.165, 1.54) is 0 Å². The molecule has 5 nitrogen and oxygen atoms in total. The Labute approximate surface area is 225 Å². The van der Waals surface area contributed by atoms with Gasteiger partial charge in [-0.05, 0) is 41.3 Å². The van der Waals surface area contributed by atoms with Gasteiger partial charge in [-0.2, -0.15) is 0 Å². The molecule has 0 aromatic heterocycles. The van der Waals surface area contributed by atoms with Crippen LogP contribution in [-0.4, -0.2) is 18.7 Å². The number of hydrogen-bond acceptors (Lipinski definition) is 5. The van der Waals surface area contributed by atoms with Gasteiger partial charge in [-0.25, -0.2) is 0 Å². The lowest BCUT2D eigenvalue weighted by Crippen LogP contribution is -2.17. The van der Waals surface area contributed by atoms with Crippen LogP contribution in [0.25, 0.3) is 0 Å². The van der Waals surface area contributed by atoms with Gasteiger partial charge in [-0.3, -0.25) is 4.79 Å². The molecule has 0 radical (unpaired) electrons. The van der Waals surface area contributed by atoms with Crippen LogP contribution < -0.4 is 9.47 Å². The highest BCUT2D eigenvalue weighted by atomic mass is 16.5. The van der Waals surface area contributed by atoms with Crippen LogP contribution in [0.5, 0.6) is 11.5 Å². The number of ether oxygens (including phenoxy) is 4. The van der Waals surface area contributed by atoms with Gasteiger partial charge in [-0.15, -0.1) is 0 Å². The third kappa shape index (κ3) is 9.09. The van der Waals surface area contributed by atoms with Crippen LogP contribution in [0.1, 0.15) is 35.6 Å². The summed E-state index contributed by atoms with van der Waals surface area (Å²) in [7, 11) is 0. The van der Waals surface area contributed by atoms with Crippen LogP contribution in [-0.2, 0) is 40.5 Å². The fraction of sp³-hybridized carbons (Fsp3) is 0.242. The van der Waals surface area contributed by atoms with Crippen molar-refractivity contribution < 1.29 is 23.7 Å². The molecule has 38 heavy (non-hydrogen) atoms. The second-order valence-electron chi connectivity index (χ2n) is 9.11. The van der Waals surface area contributed by atoms with Gasteiger partial charge in [0.15, 0.2) is 11.5 Å². The van der Waals surface area contributed by atoms with Gasteiger partial charge >= 0.3 is 5.97 Å². The molecular weight excluding hydrogens is 476 g/mol. The summed E-state index contributed by atoms with van der Waals surface area (Å²) in [5, 5.41) is 0. The van der Waals surface area contributed by atoms with E-state index in [0.29, 0.717) is 37.7 Å². The van der Waals surface area contributed by atoms with Gasteiger partial charge in [0, 0.05) is 6.42 Å². The van der Waals surface area contributed by atoms with E-state index in [1.54, 1.807) is 0 Å². The second kappa shape index (κ2) is 14.6. The standard InChI is InChI=1S/C33H34O5/c1-26(36-23-28-11-5-2-6-12-28)21-33(34)35-20-19-27-17-18-31(37-24-29-13-7-3-8-14-29)32(22-27)38-25-30-15-9-4-10-16-30/h2-18,22,26H,19-21,23-25H2,1H3. The largest absolute Gasteiger partial charge is 0.485 e. The summed E-state index contributed by atoms with van der Waals surface area (Å²) < 4.78 is 23.5. The molecule has 4 aromatic rings. The molecule has 0 spiro atoms. The normalized spacial score (nSPS) is 11.5. The highest BCUT2D eigenvalue weighted by Gasteiger charge is 2.12. The average Bonchev–Trinajstić information content (AvgIpc) is 2.96. The Bertz CT molecular complexity index is 1240. The van der Waals surface area contributed by atoms with Crippen molar-refractivity contribution in [3.63, 3.8) is 0 Å². The SMILES string of the molecule is CC(CC(=O)OCCc1ccc(OCc2ccccc2)c(OCc2ccccc2)c1)OCc1ccccc1. The number of carbonyl (C=O) groups is 1. The number of hydrogen-bond donors (Lipinski definition) is 0. The fourth-order valence-corrected chi connectivity index (χ4v) is 3.86. The van der Waals surface area contributed by atoms with Crippen molar-refractivity contribution in [3.8, 4) is 11.5 Å². The highest BCUT2D eigenvalue weighted by Crippen LogP contribution is 2.30. The maximum atomic E-state index is 12.3. The second-order valence-corrected chi connectivity index (χ2v) is 9.11. The molecule has 1 atom stereocenters. The first-order valence-corrected chi connectivity index (χ1v) is 12.9. The van der Waals surface area contributed by atoms with Crippen molar-refractivity contribution in [1.29, 1.82) is 0 Å². The van der Waals surface area contributed by atoms with Gasteiger partial charge in [-0.1, -0.05) is 97.1 Å². The zero-order valence-electron chi connectivity index (χ0n) is 21.8. The molecule has 0 amide bonds. The topological polar surface area (TPSA) is 54.0 Å².